The quantitative estimate of drug-likeness (QED) is 0.613. The highest BCUT2D eigenvalue weighted by molar-refractivity contribution is 5.88. The Hall–Kier alpha value is -0.790. The van der Waals surface area contributed by atoms with Gasteiger partial charge in [-0.1, -0.05) is 19.9 Å². The van der Waals surface area contributed by atoms with Gasteiger partial charge in [-0.05, 0) is 31.1 Å². The lowest BCUT2D eigenvalue weighted by Gasteiger charge is -2.23. The Bertz CT molecular complexity index is 216. The van der Waals surface area contributed by atoms with Crippen LogP contribution in [0.5, 0.6) is 0 Å². The third-order valence-electron chi connectivity index (χ3n) is 2.84. The van der Waals surface area contributed by atoms with Crippen LogP contribution in [0.2, 0.25) is 0 Å². The number of hydrogen-bond donors (Lipinski definition) is 0. The summed E-state index contributed by atoms with van der Waals surface area (Å²) in [6.07, 6.45) is 5.08. The van der Waals surface area contributed by atoms with E-state index in [9.17, 15) is 4.79 Å². The van der Waals surface area contributed by atoms with Gasteiger partial charge in [0.1, 0.15) is 0 Å². The topological polar surface area (TPSA) is 26.3 Å². The van der Waals surface area contributed by atoms with Crippen LogP contribution in [0.25, 0.3) is 0 Å². The zero-order valence-electron chi connectivity index (χ0n) is 8.67. The Morgan fingerprint density at radius 2 is 2.31 bits per heavy atom. The van der Waals surface area contributed by atoms with Crippen molar-refractivity contribution in [2.75, 3.05) is 7.11 Å². The molecule has 0 fully saturated rings. The van der Waals surface area contributed by atoms with Gasteiger partial charge in [0.25, 0.3) is 0 Å². The molecule has 0 radical (unpaired) electrons. The van der Waals surface area contributed by atoms with E-state index in [0.29, 0.717) is 0 Å². The first kappa shape index (κ1) is 10.3. The molecular weight excluding hydrogens is 164 g/mol. The summed E-state index contributed by atoms with van der Waals surface area (Å²) in [5.41, 5.74) is 0.861. The largest absolute Gasteiger partial charge is 0.466 e. The lowest BCUT2D eigenvalue weighted by Crippen LogP contribution is -2.16. The fourth-order valence-corrected chi connectivity index (χ4v) is 1.78. The van der Waals surface area contributed by atoms with Crippen LogP contribution < -0.4 is 0 Å². The minimum atomic E-state index is -0.151. The van der Waals surface area contributed by atoms with Crippen molar-refractivity contribution >= 4 is 5.97 Å². The minimum Gasteiger partial charge on any atom is -0.466 e. The number of rotatable bonds is 2. The van der Waals surface area contributed by atoms with Crippen molar-refractivity contribution in [3.8, 4) is 0 Å². The van der Waals surface area contributed by atoms with Crippen molar-refractivity contribution in [3.63, 3.8) is 0 Å². The fraction of sp³-hybridized carbons (Fsp3) is 0.727. The van der Waals surface area contributed by atoms with Crippen LogP contribution in [-0.4, -0.2) is 13.1 Å². The third-order valence-corrected chi connectivity index (χ3v) is 2.84. The van der Waals surface area contributed by atoms with Crippen molar-refractivity contribution in [1.82, 2.24) is 0 Å². The van der Waals surface area contributed by atoms with Gasteiger partial charge < -0.3 is 4.74 Å². The molecule has 0 aliphatic heterocycles. The second-order valence-electron chi connectivity index (χ2n) is 4.00. The predicted octanol–water partition coefficient (Wildman–Crippen LogP) is 2.54. The summed E-state index contributed by atoms with van der Waals surface area (Å²) in [5.74, 6) is 1.31. The first-order valence-electron chi connectivity index (χ1n) is 4.92. The van der Waals surface area contributed by atoms with Crippen LogP contribution in [0.1, 0.15) is 33.1 Å². The van der Waals surface area contributed by atoms with Crippen molar-refractivity contribution in [2.24, 2.45) is 11.8 Å². The molecule has 2 heteroatoms. The lowest BCUT2D eigenvalue weighted by molar-refractivity contribution is -0.136. The summed E-state index contributed by atoms with van der Waals surface area (Å²) < 4.78 is 4.68. The average molecular weight is 182 g/mol. The van der Waals surface area contributed by atoms with Gasteiger partial charge in [0.05, 0.1) is 7.11 Å². The molecule has 0 heterocycles. The number of carbonyl (C=O) groups is 1. The van der Waals surface area contributed by atoms with Crippen molar-refractivity contribution in [3.05, 3.63) is 11.6 Å². The Morgan fingerprint density at radius 1 is 1.62 bits per heavy atom. The van der Waals surface area contributed by atoms with Gasteiger partial charge in [0, 0.05) is 5.57 Å². The van der Waals surface area contributed by atoms with E-state index in [1.165, 1.54) is 7.11 Å². The fourth-order valence-electron chi connectivity index (χ4n) is 1.78. The van der Waals surface area contributed by atoms with E-state index in [1.807, 2.05) is 6.08 Å². The minimum absolute atomic E-state index is 0.151. The molecule has 0 aromatic carbocycles. The van der Waals surface area contributed by atoms with Crippen LogP contribution in [0.15, 0.2) is 11.6 Å². The summed E-state index contributed by atoms with van der Waals surface area (Å²) in [6, 6.07) is 0. The van der Waals surface area contributed by atoms with E-state index in [0.717, 1.165) is 36.7 Å². The third kappa shape index (κ3) is 2.58. The molecular formula is C11H18O2. The average Bonchev–Trinajstić information content (AvgIpc) is 2.17. The Kier molecular flexibility index (Phi) is 3.52. The summed E-state index contributed by atoms with van der Waals surface area (Å²) in [5, 5.41) is 0. The number of ether oxygens (including phenoxy) is 1. The highest BCUT2D eigenvalue weighted by Crippen LogP contribution is 2.29. The van der Waals surface area contributed by atoms with Gasteiger partial charge in [-0.15, -0.1) is 0 Å². The van der Waals surface area contributed by atoms with Crippen LogP contribution >= 0.6 is 0 Å². The normalized spacial score (nSPS) is 22.8. The van der Waals surface area contributed by atoms with E-state index in [1.54, 1.807) is 0 Å². The van der Waals surface area contributed by atoms with Crippen molar-refractivity contribution < 1.29 is 9.53 Å². The summed E-state index contributed by atoms with van der Waals surface area (Å²) in [6.45, 7) is 4.48. The molecule has 0 saturated carbocycles. The molecule has 0 aromatic heterocycles. The molecule has 1 aliphatic rings. The maximum Gasteiger partial charge on any atom is 0.333 e. The van der Waals surface area contributed by atoms with Crippen molar-refractivity contribution in [1.29, 1.82) is 0 Å². The van der Waals surface area contributed by atoms with E-state index in [-0.39, 0.29) is 5.97 Å². The molecule has 13 heavy (non-hydrogen) atoms. The van der Waals surface area contributed by atoms with E-state index >= 15 is 0 Å². The SMILES string of the molecule is COC(=O)C1=CCC(C(C)C)CC1. The second-order valence-corrected chi connectivity index (χ2v) is 4.00. The molecule has 74 valence electrons. The lowest BCUT2D eigenvalue weighted by atomic mass is 9.82. The first-order chi connectivity index (χ1) is 6.15. The van der Waals surface area contributed by atoms with Gasteiger partial charge >= 0.3 is 5.97 Å². The number of esters is 1. The van der Waals surface area contributed by atoms with Gasteiger partial charge in [0.15, 0.2) is 0 Å². The maximum atomic E-state index is 11.2. The molecule has 1 unspecified atom stereocenters. The molecule has 0 amide bonds. The van der Waals surface area contributed by atoms with E-state index < -0.39 is 0 Å². The Morgan fingerprint density at radius 3 is 2.69 bits per heavy atom. The number of carbonyl (C=O) groups excluding carboxylic acids is 1. The summed E-state index contributed by atoms with van der Waals surface area (Å²) >= 11 is 0. The summed E-state index contributed by atoms with van der Waals surface area (Å²) in [7, 11) is 1.44. The Balaban J connectivity index is 2.52. The zero-order chi connectivity index (χ0) is 9.84. The van der Waals surface area contributed by atoms with E-state index in [2.05, 4.69) is 18.6 Å². The van der Waals surface area contributed by atoms with Crippen LogP contribution in [0.4, 0.5) is 0 Å². The molecule has 1 atom stereocenters. The van der Waals surface area contributed by atoms with Gasteiger partial charge in [-0.25, -0.2) is 4.79 Å². The molecule has 0 N–H and O–H groups in total. The van der Waals surface area contributed by atoms with Gasteiger partial charge in [-0.2, -0.15) is 0 Å². The second kappa shape index (κ2) is 4.45. The monoisotopic (exact) mass is 182 g/mol. The predicted molar refractivity (Wildman–Crippen MR) is 52.3 cm³/mol. The maximum absolute atomic E-state index is 11.2. The van der Waals surface area contributed by atoms with Crippen LogP contribution in [0, 0.1) is 11.8 Å². The molecule has 1 aliphatic carbocycles. The molecule has 2 nitrogen and oxygen atoms in total. The molecule has 1 rings (SSSR count). The molecule has 0 spiro atoms. The number of methoxy groups -OCH3 is 1. The zero-order valence-corrected chi connectivity index (χ0v) is 8.67. The summed E-state index contributed by atoms with van der Waals surface area (Å²) in [4.78, 5) is 11.2. The molecule has 0 aromatic rings. The smallest absolute Gasteiger partial charge is 0.333 e. The highest BCUT2D eigenvalue weighted by Gasteiger charge is 2.20. The van der Waals surface area contributed by atoms with Gasteiger partial charge in [0.2, 0.25) is 0 Å². The highest BCUT2D eigenvalue weighted by atomic mass is 16.5. The number of hydrogen-bond acceptors (Lipinski definition) is 2. The molecule has 0 bridgehead atoms. The Labute approximate surface area is 80.0 Å². The van der Waals surface area contributed by atoms with Crippen LogP contribution in [-0.2, 0) is 9.53 Å². The van der Waals surface area contributed by atoms with Crippen molar-refractivity contribution in [2.45, 2.75) is 33.1 Å². The molecule has 0 saturated heterocycles. The number of allylic oxidation sites excluding steroid dienone is 1. The first-order valence-corrected chi connectivity index (χ1v) is 4.92. The van der Waals surface area contributed by atoms with Crippen LogP contribution in [0.3, 0.4) is 0 Å². The standard InChI is InChI=1S/C11H18O2/c1-8(2)9-4-6-10(7-5-9)11(12)13-3/h6,8-9H,4-5,7H2,1-3H3. The van der Waals surface area contributed by atoms with E-state index in [4.69, 9.17) is 0 Å². The van der Waals surface area contributed by atoms with Gasteiger partial charge in [-0.3, -0.25) is 0 Å².